The Kier molecular flexibility index (Phi) is 4.72. The van der Waals surface area contributed by atoms with E-state index in [0.29, 0.717) is 31.0 Å². The molecule has 1 heterocycles. The van der Waals surface area contributed by atoms with Crippen molar-refractivity contribution in [3.8, 4) is 0 Å². The van der Waals surface area contributed by atoms with Crippen LogP contribution in [0.1, 0.15) is 23.8 Å². The van der Waals surface area contributed by atoms with Gasteiger partial charge in [0.05, 0.1) is 0 Å². The minimum atomic E-state index is -0.150. The topological polar surface area (TPSA) is 79.5 Å². The summed E-state index contributed by atoms with van der Waals surface area (Å²) in [5.41, 5.74) is 5.86. The van der Waals surface area contributed by atoms with E-state index in [9.17, 15) is 4.79 Å². The van der Waals surface area contributed by atoms with E-state index < -0.39 is 0 Å². The Morgan fingerprint density at radius 2 is 2.31 bits per heavy atom. The Balaban J connectivity index is 2.74. The van der Waals surface area contributed by atoms with E-state index >= 15 is 0 Å². The first-order valence-electron chi connectivity index (χ1n) is 5.31. The van der Waals surface area contributed by atoms with Gasteiger partial charge in [0.1, 0.15) is 11.5 Å². The van der Waals surface area contributed by atoms with Gasteiger partial charge in [-0.3, -0.25) is 4.79 Å². The molecule has 1 aromatic rings. The predicted molar refractivity (Wildman–Crippen MR) is 61.9 cm³/mol. The number of hydrogen-bond donors (Lipinski definition) is 2. The summed E-state index contributed by atoms with van der Waals surface area (Å²) >= 11 is 0. The Hall–Kier alpha value is -1.62. The number of aliphatic hydroxyl groups excluding tert-OH is 1. The molecule has 1 aromatic heterocycles. The molecule has 5 heteroatoms. The van der Waals surface area contributed by atoms with Crippen LogP contribution >= 0.6 is 0 Å². The van der Waals surface area contributed by atoms with Gasteiger partial charge >= 0.3 is 0 Å². The molecule has 1 amide bonds. The lowest BCUT2D eigenvalue weighted by Gasteiger charge is -2.19. The monoisotopic (exact) mass is 223 g/mol. The smallest absolute Gasteiger partial charge is 0.272 e. The number of amides is 1. The minimum absolute atomic E-state index is 0.0775. The summed E-state index contributed by atoms with van der Waals surface area (Å²) in [6, 6.07) is 4.98. The van der Waals surface area contributed by atoms with Crippen molar-refractivity contribution in [1.29, 1.82) is 0 Å². The highest BCUT2D eigenvalue weighted by Gasteiger charge is 2.14. The highest BCUT2D eigenvalue weighted by atomic mass is 16.3. The molecule has 0 saturated heterocycles. The molecule has 88 valence electrons. The summed E-state index contributed by atoms with van der Waals surface area (Å²) in [7, 11) is 0. The molecule has 0 aliphatic rings. The maximum Gasteiger partial charge on any atom is 0.272 e. The summed E-state index contributed by atoms with van der Waals surface area (Å²) < 4.78 is 0. The van der Waals surface area contributed by atoms with Crippen LogP contribution in [-0.4, -0.2) is 40.6 Å². The van der Waals surface area contributed by atoms with E-state index in [-0.39, 0.29) is 12.5 Å². The molecule has 0 saturated carbocycles. The summed E-state index contributed by atoms with van der Waals surface area (Å²) in [6.07, 6.45) is 0.571. The van der Waals surface area contributed by atoms with Crippen molar-refractivity contribution >= 4 is 11.7 Å². The summed E-state index contributed by atoms with van der Waals surface area (Å²) in [4.78, 5) is 17.6. The highest BCUT2D eigenvalue weighted by Crippen LogP contribution is 2.05. The van der Waals surface area contributed by atoms with E-state index in [0.717, 1.165) is 0 Å². The number of aromatic nitrogens is 1. The molecule has 0 bridgehead atoms. The molecule has 0 spiro atoms. The zero-order valence-corrected chi connectivity index (χ0v) is 9.39. The fourth-order valence-electron chi connectivity index (χ4n) is 1.40. The summed E-state index contributed by atoms with van der Waals surface area (Å²) in [5.74, 6) is 0.187. The quantitative estimate of drug-likeness (QED) is 0.762. The Morgan fingerprint density at radius 3 is 2.88 bits per heavy atom. The maximum atomic E-state index is 12.0. The molecule has 16 heavy (non-hydrogen) atoms. The van der Waals surface area contributed by atoms with Crippen molar-refractivity contribution in [3.63, 3.8) is 0 Å². The van der Waals surface area contributed by atoms with E-state index in [1.165, 1.54) is 0 Å². The summed E-state index contributed by atoms with van der Waals surface area (Å²) in [6.45, 7) is 3.09. The van der Waals surface area contributed by atoms with E-state index in [1.54, 1.807) is 23.1 Å². The largest absolute Gasteiger partial charge is 0.396 e. The van der Waals surface area contributed by atoms with Gasteiger partial charge in [0.25, 0.3) is 5.91 Å². The fourth-order valence-corrected chi connectivity index (χ4v) is 1.40. The number of anilines is 1. The van der Waals surface area contributed by atoms with Gasteiger partial charge in [-0.25, -0.2) is 4.98 Å². The zero-order valence-electron chi connectivity index (χ0n) is 9.39. The van der Waals surface area contributed by atoms with Gasteiger partial charge in [-0.05, 0) is 25.5 Å². The number of nitrogen functional groups attached to an aromatic ring is 1. The number of aliphatic hydroxyl groups is 1. The second-order valence-electron chi connectivity index (χ2n) is 3.41. The van der Waals surface area contributed by atoms with Crippen LogP contribution in [0.15, 0.2) is 18.2 Å². The van der Waals surface area contributed by atoms with Gasteiger partial charge in [0.2, 0.25) is 0 Å². The zero-order chi connectivity index (χ0) is 12.0. The highest BCUT2D eigenvalue weighted by molar-refractivity contribution is 5.92. The van der Waals surface area contributed by atoms with Crippen molar-refractivity contribution in [3.05, 3.63) is 23.9 Å². The molecule has 1 rings (SSSR count). The van der Waals surface area contributed by atoms with Crippen LogP contribution in [0.3, 0.4) is 0 Å². The SMILES string of the molecule is CCN(CCCO)C(=O)c1cccc(N)n1. The van der Waals surface area contributed by atoms with Gasteiger partial charge in [0, 0.05) is 19.7 Å². The van der Waals surface area contributed by atoms with Gasteiger partial charge in [-0.2, -0.15) is 0 Å². The van der Waals surface area contributed by atoms with Crippen LogP contribution in [0.25, 0.3) is 0 Å². The molecule has 0 atom stereocenters. The molecule has 3 N–H and O–H groups in total. The average molecular weight is 223 g/mol. The Bertz CT molecular complexity index is 355. The molecule has 0 aromatic carbocycles. The standard InChI is InChI=1S/C11H17N3O2/c1-2-14(7-4-8-15)11(16)9-5-3-6-10(12)13-9/h3,5-6,15H,2,4,7-8H2,1H3,(H2,12,13). The number of carbonyl (C=O) groups is 1. The number of pyridine rings is 1. The lowest BCUT2D eigenvalue weighted by molar-refractivity contribution is 0.0748. The predicted octanol–water partition coefficient (Wildman–Crippen LogP) is 0.508. The second-order valence-corrected chi connectivity index (χ2v) is 3.41. The molecule has 5 nitrogen and oxygen atoms in total. The molecular formula is C11H17N3O2. The lowest BCUT2D eigenvalue weighted by atomic mass is 10.3. The normalized spacial score (nSPS) is 10.1. The third-order valence-electron chi connectivity index (χ3n) is 2.24. The van der Waals surface area contributed by atoms with Crippen LogP contribution in [0.4, 0.5) is 5.82 Å². The molecule has 0 fully saturated rings. The van der Waals surface area contributed by atoms with Gasteiger partial charge in [-0.15, -0.1) is 0 Å². The van der Waals surface area contributed by atoms with E-state index in [2.05, 4.69) is 4.98 Å². The molecule has 0 unspecified atom stereocenters. The number of rotatable bonds is 5. The molecule has 0 radical (unpaired) electrons. The van der Waals surface area contributed by atoms with Crippen LogP contribution in [0.2, 0.25) is 0 Å². The maximum absolute atomic E-state index is 12.0. The Labute approximate surface area is 94.9 Å². The Morgan fingerprint density at radius 1 is 1.56 bits per heavy atom. The van der Waals surface area contributed by atoms with Crippen molar-refractivity contribution in [2.45, 2.75) is 13.3 Å². The third kappa shape index (κ3) is 3.20. The average Bonchev–Trinajstić information content (AvgIpc) is 2.29. The van der Waals surface area contributed by atoms with Gasteiger partial charge in [-0.1, -0.05) is 6.07 Å². The number of hydrogen-bond acceptors (Lipinski definition) is 4. The van der Waals surface area contributed by atoms with Crippen LogP contribution in [-0.2, 0) is 0 Å². The van der Waals surface area contributed by atoms with Crippen molar-refractivity contribution in [1.82, 2.24) is 9.88 Å². The first-order valence-corrected chi connectivity index (χ1v) is 5.31. The first kappa shape index (κ1) is 12.4. The van der Waals surface area contributed by atoms with E-state index in [4.69, 9.17) is 10.8 Å². The summed E-state index contributed by atoms with van der Waals surface area (Å²) in [5, 5.41) is 8.73. The lowest BCUT2D eigenvalue weighted by Crippen LogP contribution is -2.32. The van der Waals surface area contributed by atoms with Crippen LogP contribution in [0, 0.1) is 0 Å². The molecule has 0 aliphatic heterocycles. The number of nitrogens with zero attached hydrogens (tertiary/aromatic N) is 2. The van der Waals surface area contributed by atoms with Gasteiger partial charge < -0.3 is 15.7 Å². The number of carbonyl (C=O) groups excluding carboxylic acids is 1. The van der Waals surface area contributed by atoms with Crippen molar-refractivity contribution < 1.29 is 9.90 Å². The van der Waals surface area contributed by atoms with Gasteiger partial charge in [0.15, 0.2) is 0 Å². The van der Waals surface area contributed by atoms with Crippen molar-refractivity contribution in [2.24, 2.45) is 0 Å². The van der Waals surface area contributed by atoms with Crippen LogP contribution < -0.4 is 5.73 Å². The fraction of sp³-hybridized carbons (Fsp3) is 0.455. The van der Waals surface area contributed by atoms with Crippen LogP contribution in [0.5, 0.6) is 0 Å². The number of nitrogens with two attached hydrogens (primary N) is 1. The minimum Gasteiger partial charge on any atom is -0.396 e. The first-order chi connectivity index (χ1) is 7.69. The van der Waals surface area contributed by atoms with Crippen molar-refractivity contribution in [2.75, 3.05) is 25.4 Å². The third-order valence-corrected chi connectivity index (χ3v) is 2.24. The molecular weight excluding hydrogens is 206 g/mol. The second kappa shape index (κ2) is 6.07. The van der Waals surface area contributed by atoms with E-state index in [1.807, 2.05) is 6.92 Å². The molecule has 0 aliphatic carbocycles.